The van der Waals surface area contributed by atoms with Crippen LogP contribution in [0.5, 0.6) is 0 Å². The third kappa shape index (κ3) is 2.30. The Morgan fingerprint density at radius 3 is 2.35 bits per heavy atom. The van der Waals surface area contributed by atoms with Gasteiger partial charge >= 0.3 is 0 Å². The predicted octanol–water partition coefficient (Wildman–Crippen LogP) is 3.04. The molecule has 0 saturated carbocycles. The van der Waals surface area contributed by atoms with Crippen LogP contribution in [0.2, 0.25) is 0 Å². The second-order valence-electron chi connectivity index (χ2n) is 5.51. The lowest BCUT2D eigenvalue weighted by atomic mass is 10.0. The molecule has 0 atom stereocenters. The zero-order valence-corrected chi connectivity index (χ0v) is 13.1. The number of imide groups is 1. The van der Waals surface area contributed by atoms with Crippen molar-refractivity contribution in [1.82, 2.24) is 0 Å². The summed E-state index contributed by atoms with van der Waals surface area (Å²) in [5.41, 5.74) is 3.21. The number of ketones is 1. The Balaban J connectivity index is 2.12. The van der Waals surface area contributed by atoms with Gasteiger partial charge in [0.2, 0.25) is 0 Å². The first kappa shape index (κ1) is 15.0. The molecular weight excluding hydrogens is 292 g/mol. The highest BCUT2D eigenvalue weighted by Gasteiger charge is 2.37. The van der Waals surface area contributed by atoms with Gasteiger partial charge in [0.15, 0.2) is 5.78 Å². The van der Waals surface area contributed by atoms with Crippen LogP contribution >= 0.6 is 0 Å². The zero-order valence-electron chi connectivity index (χ0n) is 13.1. The average molecular weight is 308 g/mol. The maximum Gasteiger partial charge on any atom is 0.266 e. The normalized spacial score (nSPS) is 13.3. The largest absolute Gasteiger partial charge is 0.388 e. The van der Waals surface area contributed by atoms with Gasteiger partial charge in [0.05, 0.1) is 16.8 Å². The molecule has 0 unspecified atom stereocenters. The number of benzene rings is 2. The minimum atomic E-state index is -0.399. The van der Waals surface area contributed by atoms with Crippen LogP contribution in [0.4, 0.5) is 11.4 Å². The molecule has 5 heteroatoms. The summed E-state index contributed by atoms with van der Waals surface area (Å²) in [5.74, 6) is -0.902. The van der Waals surface area contributed by atoms with Crippen LogP contribution in [0, 0.1) is 6.92 Å². The van der Waals surface area contributed by atoms with E-state index in [9.17, 15) is 14.4 Å². The molecule has 5 nitrogen and oxygen atoms in total. The van der Waals surface area contributed by atoms with E-state index in [1.807, 2.05) is 19.1 Å². The highest BCUT2D eigenvalue weighted by atomic mass is 16.2. The number of anilines is 2. The van der Waals surface area contributed by atoms with Gasteiger partial charge in [-0.1, -0.05) is 12.1 Å². The zero-order chi connectivity index (χ0) is 16.7. The van der Waals surface area contributed by atoms with Crippen LogP contribution in [0.1, 0.15) is 43.6 Å². The second kappa shape index (κ2) is 5.35. The number of nitrogens with one attached hydrogen (secondary N) is 1. The molecule has 2 aromatic rings. The van der Waals surface area contributed by atoms with Gasteiger partial charge < -0.3 is 5.32 Å². The molecule has 0 aliphatic carbocycles. The number of nitrogens with zero attached hydrogens (tertiary/aromatic N) is 1. The van der Waals surface area contributed by atoms with E-state index in [2.05, 4.69) is 5.32 Å². The fraction of sp³-hybridized carbons (Fsp3) is 0.167. The monoisotopic (exact) mass is 308 g/mol. The quantitative estimate of drug-likeness (QED) is 0.699. The molecule has 116 valence electrons. The first-order valence-corrected chi connectivity index (χ1v) is 7.26. The minimum absolute atomic E-state index is 0.139. The SMILES string of the molecule is CNc1ccc(C)c(N2C(=O)c3ccc(C(C)=O)cc3C2=O)c1. The van der Waals surface area contributed by atoms with Gasteiger partial charge in [0.1, 0.15) is 0 Å². The molecule has 2 aromatic carbocycles. The summed E-state index contributed by atoms with van der Waals surface area (Å²) in [4.78, 5) is 38.0. The number of carbonyl (C=O) groups excluding carboxylic acids is 3. The fourth-order valence-electron chi connectivity index (χ4n) is 2.68. The average Bonchev–Trinajstić information content (AvgIpc) is 2.79. The van der Waals surface area contributed by atoms with E-state index in [1.54, 1.807) is 25.2 Å². The molecule has 0 fully saturated rings. The van der Waals surface area contributed by atoms with Crippen molar-refractivity contribution in [2.45, 2.75) is 13.8 Å². The maximum atomic E-state index is 12.7. The van der Waals surface area contributed by atoms with E-state index >= 15 is 0 Å². The van der Waals surface area contributed by atoms with E-state index in [4.69, 9.17) is 0 Å². The highest BCUT2D eigenvalue weighted by Crippen LogP contribution is 2.32. The number of aryl methyl sites for hydroxylation is 1. The summed E-state index contributed by atoms with van der Waals surface area (Å²) in [7, 11) is 1.77. The maximum absolute atomic E-state index is 12.7. The minimum Gasteiger partial charge on any atom is -0.388 e. The Bertz CT molecular complexity index is 855. The molecule has 2 amide bonds. The van der Waals surface area contributed by atoms with Crippen molar-refractivity contribution in [1.29, 1.82) is 0 Å². The molecule has 0 saturated heterocycles. The van der Waals surface area contributed by atoms with E-state index in [1.165, 1.54) is 17.9 Å². The topological polar surface area (TPSA) is 66.5 Å². The van der Waals surface area contributed by atoms with Crippen LogP contribution in [-0.2, 0) is 0 Å². The highest BCUT2D eigenvalue weighted by molar-refractivity contribution is 6.35. The third-order valence-corrected chi connectivity index (χ3v) is 4.03. The van der Waals surface area contributed by atoms with E-state index in [0.29, 0.717) is 16.8 Å². The molecule has 3 rings (SSSR count). The lowest BCUT2D eigenvalue weighted by Crippen LogP contribution is -2.30. The number of carbonyl (C=O) groups is 3. The van der Waals surface area contributed by atoms with E-state index < -0.39 is 5.91 Å². The summed E-state index contributed by atoms with van der Waals surface area (Å²) in [6.45, 7) is 3.28. The predicted molar refractivity (Wildman–Crippen MR) is 88.3 cm³/mol. The fourth-order valence-corrected chi connectivity index (χ4v) is 2.68. The van der Waals surface area contributed by atoms with Crippen LogP contribution in [0.15, 0.2) is 36.4 Å². The molecule has 0 aromatic heterocycles. The molecule has 1 aliphatic heterocycles. The van der Waals surface area contributed by atoms with Crippen LogP contribution in [-0.4, -0.2) is 24.6 Å². The number of rotatable bonds is 3. The number of fused-ring (bicyclic) bond motifs is 1. The van der Waals surface area contributed by atoms with E-state index in [-0.39, 0.29) is 17.3 Å². The van der Waals surface area contributed by atoms with Gasteiger partial charge in [-0.3, -0.25) is 14.4 Å². The lowest BCUT2D eigenvalue weighted by Gasteiger charge is -2.17. The summed E-state index contributed by atoms with van der Waals surface area (Å²) in [5, 5.41) is 3.00. The summed E-state index contributed by atoms with van der Waals surface area (Å²) in [6.07, 6.45) is 0. The Kier molecular flexibility index (Phi) is 3.48. The van der Waals surface area contributed by atoms with Crippen molar-refractivity contribution in [3.8, 4) is 0 Å². The van der Waals surface area contributed by atoms with Crippen molar-refractivity contribution >= 4 is 29.0 Å². The Labute approximate surface area is 133 Å². The lowest BCUT2D eigenvalue weighted by molar-refractivity contribution is 0.0925. The van der Waals surface area contributed by atoms with Crippen LogP contribution in [0.25, 0.3) is 0 Å². The van der Waals surface area contributed by atoms with Crippen LogP contribution in [0.3, 0.4) is 0 Å². The van der Waals surface area contributed by atoms with Gasteiger partial charge in [0.25, 0.3) is 11.8 Å². The van der Waals surface area contributed by atoms with Crippen molar-refractivity contribution < 1.29 is 14.4 Å². The Hall–Kier alpha value is -2.95. The third-order valence-electron chi connectivity index (χ3n) is 4.03. The van der Waals surface area contributed by atoms with Gasteiger partial charge in [-0.05, 0) is 43.7 Å². The molecule has 1 N–H and O–H groups in total. The van der Waals surface area contributed by atoms with Gasteiger partial charge in [-0.15, -0.1) is 0 Å². The summed E-state index contributed by atoms with van der Waals surface area (Å²) >= 11 is 0. The number of Topliss-reactive ketones (excluding diaryl/α,β-unsaturated/α-hetero) is 1. The number of amides is 2. The summed E-state index contributed by atoms with van der Waals surface area (Å²) in [6, 6.07) is 10.1. The van der Waals surface area contributed by atoms with Crippen molar-refractivity contribution in [3.05, 3.63) is 58.7 Å². The van der Waals surface area contributed by atoms with Crippen molar-refractivity contribution in [3.63, 3.8) is 0 Å². The molecule has 23 heavy (non-hydrogen) atoms. The first-order chi connectivity index (χ1) is 10.9. The van der Waals surface area contributed by atoms with Gasteiger partial charge in [0, 0.05) is 18.3 Å². The smallest absolute Gasteiger partial charge is 0.266 e. The second-order valence-corrected chi connectivity index (χ2v) is 5.51. The molecular formula is C18H16N2O3. The van der Waals surface area contributed by atoms with Crippen molar-refractivity contribution in [2.24, 2.45) is 0 Å². The Morgan fingerprint density at radius 1 is 1.00 bits per heavy atom. The first-order valence-electron chi connectivity index (χ1n) is 7.26. The standard InChI is InChI=1S/C18H16N2O3/c1-10-4-6-13(19-3)9-16(10)20-17(22)14-7-5-12(11(2)21)8-15(14)18(20)23/h4-9,19H,1-3H3. The summed E-state index contributed by atoms with van der Waals surface area (Å²) < 4.78 is 0. The van der Waals surface area contributed by atoms with E-state index in [0.717, 1.165) is 11.3 Å². The molecule has 0 bridgehead atoms. The number of hydrogen-bond donors (Lipinski definition) is 1. The van der Waals surface area contributed by atoms with Crippen molar-refractivity contribution in [2.75, 3.05) is 17.3 Å². The molecule has 0 radical (unpaired) electrons. The Morgan fingerprint density at radius 2 is 1.70 bits per heavy atom. The van der Waals surface area contributed by atoms with Gasteiger partial charge in [-0.2, -0.15) is 0 Å². The molecule has 0 spiro atoms. The van der Waals surface area contributed by atoms with Gasteiger partial charge in [-0.25, -0.2) is 4.90 Å². The molecule has 1 heterocycles. The molecule has 1 aliphatic rings. The van der Waals surface area contributed by atoms with Crippen LogP contribution < -0.4 is 10.2 Å². The number of hydrogen-bond acceptors (Lipinski definition) is 4.